The third-order valence-electron chi connectivity index (χ3n) is 5.41. The molecule has 0 amide bonds. The first kappa shape index (κ1) is 18.9. The van der Waals surface area contributed by atoms with E-state index in [1.165, 1.54) is 12.1 Å². The molecule has 6 heteroatoms. The van der Waals surface area contributed by atoms with Gasteiger partial charge in [0.25, 0.3) is 0 Å². The SMILES string of the molecule is CCOc1ccccc1[C@H]1Oc2ccc(Cl)cc2[C@H]2CC(c3ccc(F)cc3)=NN21. The van der Waals surface area contributed by atoms with Crippen LogP contribution in [0.4, 0.5) is 4.39 Å². The van der Waals surface area contributed by atoms with Crippen molar-refractivity contribution < 1.29 is 13.9 Å². The number of benzene rings is 3. The minimum absolute atomic E-state index is 0.0350. The van der Waals surface area contributed by atoms with Gasteiger partial charge in [0.15, 0.2) is 0 Å². The van der Waals surface area contributed by atoms with Gasteiger partial charge in [0.1, 0.15) is 17.3 Å². The lowest BCUT2D eigenvalue weighted by Crippen LogP contribution is -2.34. The zero-order valence-corrected chi connectivity index (χ0v) is 17.1. The van der Waals surface area contributed by atoms with E-state index in [4.69, 9.17) is 26.2 Å². The number of nitrogens with zero attached hydrogens (tertiary/aromatic N) is 2. The van der Waals surface area contributed by atoms with Gasteiger partial charge < -0.3 is 9.47 Å². The Hall–Kier alpha value is -3.05. The van der Waals surface area contributed by atoms with E-state index in [1.54, 1.807) is 12.1 Å². The van der Waals surface area contributed by atoms with Crippen LogP contribution >= 0.6 is 11.6 Å². The fourth-order valence-corrected chi connectivity index (χ4v) is 4.23. The summed E-state index contributed by atoms with van der Waals surface area (Å²) in [5.74, 6) is 1.29. The van der Waals surface area contributed by atoms with Gasteiger partial charge >= 0.3 is 0 Å². The van der Waals surface area contributed by atoms with E-state index in [-0.39, 0.29) is 11.9 Å². The summed E-state index contributed by atoms with van der Waals surface area (Å²) in [5, 5.41) is 7.52. The third-order valence-corrected chi connectivity index (χ3v) is 5.65. The first-order chi connectivity index (χ1) is 14.6. The highest BCUT2D eigenvalue weighted by Gasteiger charge is 2.42. The maximum atomic E-state index is 13.4. The number of ether oxygens (including phenoxy) is 2. The van der Waals surface area contributed by atoms with Gasteiger partial charge in [0.05, 0.1) is 23.9 Å². The van der Waals surface area contributed by atoms with Crippen LogP contribution in [-0.4, -0.2) is 17.3 Å². The van der Waals surface area contributed by atoms with Crippen LogP contribution in [0, 0.1) is 5.82 Å². The van der Waals surface area contributed by atoms with E-state index in [2.05, 4.69) is 0 Å². The fraction of sp³-hybridized carbons (Fsp3) is 0.208. The highest BCUT2D eigenvalue weighted by atomic mass is 35.5. The van der Waals surface area contributed by atoms with Crippen molar-refractivity contribution in [2.45, 2.75) is 25.6 Å². The third kappa shape index (κ3) is 3.29. The molecule has 0 N–H and O–H groups in total. The van der Waals surface area contributed by atoms with E-state index in [0.29, 0.717) is 18.1 Å². The molecule has 5 rings (SSSR count). The zero-order valence-electron chi connectivity index (χ0n) is 16.4. The summed E-state index contributed by atoms with van der Waals surface area (Å²) < 4.78 is 25.7. The predicted octanol–water partition coefficient (Wildman–Crippen LogP) is 6.12. The van der Waals surface area contributed by atoms with Gasteiger partial charge in [0.2, 0.25) is 6.23 Å². The lowest BCUT2D eigenvalue weighted by molar-refractivity contribution is -0.0205. The van der Waals surface area contributed by atoms with E-state index in [1.807, 2.05) is 54.4 Å². The van der Waals surface area contributed by atoms with E-state index < -0.39 is 6.23 Å². The van der Waals surface area contributed by atoms with Crippen molar-refractivity contribution in [3.8, 4) is 11.5 Å². The minimum Gasteiger partial charge on any atom is -0.493 e. The molecular weight excluding hydrogens is 403 g/mol. The average molecular weight is 423 g/mol. The smallest absolute Gasteiger partial charge is 0.217 e. The second-order valence-corrected chi connectivity index (χ2v) is 7.71. The topological polar surface area (TPSA) is 34.1 Å². The summed E-state index contributed by atoms with van der Waals surface area (Å²) in [6.07, 6.45) is 0.236. The first-order valence-corrected chi connectivity index (χ1v) is 10.3. The van der Waals surface area contributed by atoms with Crippen molar-refractivity contribution in [2.75, 3.05) is 6.61 Å². The molecule has 0 saturated carbocycles. The van der Waals surface area contributed by atoms with Gasteiger partial charge in [-0.25, -0.2) is 9.40 Å². The molecule has 0 radical (unpaired) electrons. The van der Waals surface area contributed by atoms with E-state index in [9.17, 15) is 4.39 Å². The normalized spacial score (nSPS) is 19.6. The average Bonchev–Trinajstić information content (AvgIpc) is 3.20. The summed E-state index contributed by atoms with van der Waals surface area (Å²) in [6, 6.07) is 19.9. The number of hydrogen-bond acceptors (Lipinski definition) is 4. The molecule has 2 aliphatic rings. The second-order valence-electron chi connectivity index (χ2n) is 7.28. The van der Waals surface area contributed by atoms with Crippen LogP contribution in [0.25, 0.3) is 0 Å². The van der Waals surface area contributed by atoms with E-state index >= 15 is 0 Å². The van der Waals surface area contributed by atoms with Gasteiger partial charge in [-0.1, -0.05) is 35.9 Å². The summed E-state index contributed by atoms with van der Waals surface area (Å²) in [6.45, 7) is 2.52. The van der Waals surface area contributed by atoms with Crippen molar-refractivity contribution in [3.05, 3.63) is 94.3 Å². The molecule has 0 unspecified atom stereocenters. The molecule has 2 aliphatic heterocycles. The van der Waals surface area contributed by atoms with Crippen LogP contribution in [0.15, 0.2) is 71.8 Å². The second kappa shape index (κ2) is 7.65. The van der Waals surface area contributed by atoms with Crippen molar-refractivity contribution in [1.82, 2.24) is 5.01 Å². The molecule has 30 heavy (non-hydrogen) atoms. The zero-order chi connectivity index (χ0) is 20.7. The Bertz CT molecular complexity index is 1120. The molecule has 152 valence electrons. The van der Waals surface area contributed by atoms with Gasteiger partial charge in [-0.2, -0.15) is 5.10 Å². The summed E-state index contributed by atoms with van der Waals surface area (Å²) in [4.78, 5) is 0. The standard InChI is InChI=1S/C24H20ClFN2O2/c1-2-29-22-6-4-3-5-18(22)24-28-21(19-13-16(25)9-12-23(19)30-24)14-20(27-28)15-7-10-17(26)11-8-15/h3-13,21,24H,2,14H2,1H3/t21-,24-/m1/s1. The molecule has 3 aromatic carbocycles. The van der Waals surface area contributed by atoms with Crippen LogP contribution < -0.4 is 9.47 Å². The van der Waals surface area contributed by atoms with Crippen LogP contribution in [-0.2, 0) is 0 Å². The molecular formula is C24H20ClFN2O2. The molecule has 0 saturated heterocycles. The number of halogens is 2. The highest BCUT2D eigenvalue weighted by molar-refractivity contribution is 6.30. The number of hydrogen-bond donors (Lipinski definition) is 0. The molecule has 4 nitrogen and oxygen atoms in total. The molecule has 2 atom stereocenters. The Kier molecular flexibility index (Phi) is 4.83. The maximum Gasteiger partial charge on any atom is 0.217 e. The molecule has 0 aliphatic carbocycles. The molecule has 2 heterocycles. The van der Waals surface area contributed by atoms with Crippen molar-refractivity contribution in [2.24, 2.45) is 5.10 Å². The summed E-state index contributed by atoms with van der Waals surface area (Å²) in [5.41, 5.74) is 3.68. The van der Waals surface area contributed by atoms with Gasteiger partial charge in [-0.3, -0.25) is 0 Å². The molecule has 3 aromatic rings. The Morgan fingerprint density at radius 1 is 1.10 bits per heavy atom. The number of hydrazone groups is 1. The Morgan fingerprint density at radius 3 is 2.70 bits per heavy atom. The molecule has 0 aromatic heterocycles. The van der Waals surface area contributed by atoms with Crippen LogP contribution in [0.5, 0.6) is 11.5 Å². The summed E-state index contributed by atoms with van der Waals surface area (Å²) in [7, 11) is 0. The number of para-hydroxylation sites is 1. The Morgan fingerprint density at radius 2 is 1.90 bits per heavy atom. The van der Waals surface area contributed by atoms with E-state index in [0.717, 1.165) is 33.9 Å². The largest absolute Gasteiger partial charge is 0.493 e. The maximum absolute atomic E-state index is 13.4. The van der Waals surface area contributed by atoms with Gasteiger partial charge in [-0.15, -0.1) is 0 Å². The monoisotopic (exact) mass is 422 g/mol. The quantitative estimate of drug-likeness (QED) is 0.508. The predicted molar refractivity (Wildman–Crippen MR) is 115 cm³/mol. The Labute approximate surface area is 179 Å². The fourth-order valence-electron chi connectivity index (χ4n) is 4.05. The summed E-state index contributed by atoms with van der Waals surface area (Å²) >= 11 is 6.28. The lowest BCUT2D eigenvalue weighted by Gasteiger charge is -2.38. The lowest BCUT2D eigenvalue weighted by atomic mass is 9.96. The molecule has 0 fully saturated rings. The van der Waals surface area contributed by atoms with Crippen molar-refractivity contribution in [3.63, 3.8) is 0 Å². The highest BCUT2D eigenvalue weighted by Crippen LogP contribution is 2.49. The number of fused-ring (bicyclic) bond motifs is 3. The molecule has 0 bridgehead atoms. The minimum atomic E-state index is -0.440. The number of rotatable bonds is 4. The van der Waals surface area contributed by atoms with Crippen LogP contribution in [0.2, 0.25) is 5.02 Å². The van der Waals surface area contributed by atoms with Crippen molar-refractivity contribution >= 4 is 17.3 Å². The van der Waals surface area contributed by atoms with Crippen molar-refractivity contribution in [1.29, 1.82) is 0 Å². The molecule has 0 spiro atoms. The van der Waals surface area contributed by atoms with Crippen LogP contribution in [0.1, 0.15) is 42.3 Å². The first-order valence-electron chi connectivity index (χ1n) is 9.93. The van der Waals surface area contributed by atoms with Gasteiger partial charge in [0, 0.05) is 17.0 Å². The van der Waals surface area contributed by atoms with Gasteiger partial charge in [-0.05, 0) is 55.0 Å². The van der Waals surface area contributed by atoms with Crippen LogP contribution in [0.3, 0.4) is 0 Å². The Balaban J connectivity index is 1.61.